The first-order valence-corrected chi connectivity index (χ1v) is 7.13. The number of hydrogen-bond acceptors (Lipinski definition) is 4. The highest BCUT2D eigenvalue weighted by molar-refractivity contribution is 5.78. The van der Waals surface area contributed by atoms with Crippen molar-refractivity contribution in [1.29, 1.82) is 0 Å². The van der Waals surface area contributed by atoms with Crippen LogP contribution in [-0.2, 0) is 16.1 Å². The van der Waals surface area contributed by atoms with E-state index in [0.29, 0.717) is 18.8 Å². The van der Waals surface area contributed by atoms with Crippen molar-refractivity contribution >= 4 is 11.8 Å². The molecule has 0 bridgehead atoms. The smallest absolute Gasteiger partial charge is 0.255 e. The summed E-state index contributed by atoms with van der Waals surface area (Å²) in [6, 6.07) is 7.35. The van der Waals surface area contributed by atoms with Gasteiger partial charge in [0.15, 0.2) is 6.61 Å². The molecule has 3 N–H and O–H groups in total. The standard InChI is InChI=1S/C15H21N3O3/c16-14(19)11-21-13-5-3-12(4-6-13)9-17-10-15(20)18-7-1-2-8-18/h3-6,17H,1-2,7-11H2,(H2,16,19). The van der Waals surface area contributed by atoms with Crippen LogP contribution in [-0.4, -0.2) is 43.0 Å². The van der Waals surface area contributed by atoms with E-state index in [1.807, 2.05) is 17.0 Å². The number of amides is 2. The molecule has 6 heteroatoms. The lowest BCUT2D eigenvalue weighted by Crippen LogP contribution is -2.35. The molecule has 1 saturated heterocycles. The summed E-state index contributed by atoms with van der Waals surface area (Å²) in [6.07, 6.45) is 2.22. The number of nitrogens with two attached hydrogens (primary N) is 1. The van der Waals surface area contributed by atoms with Gasteiger partial charge in [0.1, 0.15) is 5.75 Å². The first-order chi connectivity index (χ1) is 10.1. The quantitative estimate of drug-likeness (QED) is 0.755. The Hall–Kier alpha value is -2.08. The SMILES string of the molecule is NC(=O)COc1ccc(CNCC(=O)N2CCCC2)cc1. The van der Waals surface area contributed by atoms with Gasteiger partial charge in [-0.1, -0.05) is 12.1 Å². The fourth-order valence-corrected chi connectivity index (χ4v) is 2.25. The summed E-state index contributed by atoms with van der Waals surface area (Å²) in [6.45, 7) is 2.62. The minimum atomic E-state index is -0.499. The average Bonchev–Trinajstić information content (AvgIpc) is 3.00. The van der Waals surface area contributed by atoms with E-state index in [-0.39, 0.29) is 12.5 Å². The van der Waals surface area contributed by atoms with Gasteiger partial charge in [-0.15, -0.1) is 0 Å². The molecule has 6 nitrogen and oxygen atoms in total. The monoisotopic (exact) mass is 291 g/mol. The van der Waals surface area contributed by atoms with Crippen molar-refractivity contribution in [3.05, 3.63) is 29.8 Å². The largest absolute Gasteiger partial charge is 0.484 e. The maximum absolute atomic E-state index is 11.8. The van der Waals surface area contributed by atoms with Crippen molar-refractivity contribution in [3.8, 4) is 5.75 Å². The Morgan fingerprint density at radius 2 is 1.86 bits per heavy atom. The van der Waals surface area contributed by atoms with Crippen molar-refractivity contribution in [3.63, 3.8) is 0 Å². The predicted molar refractivity (Wildman–Crippen MR) is 78.7 cm³/mol. The molecule has 1 aliphatic rings. The second-order valence-corrected chi connectivity index (χ2v) is 5.09. The maximum Gasteiger partial charge on any atom is 0.255 e. The van der Waals surface area contributed by atoms with Gasteiger partial charge in [0, 0.05) is 19.6 Å². The molecular formula is C15H21N3O3. The summed E-state index contributed by atoms with van der Waals surface area (Å²) < 4.78 is 5.18. The zero-order valence-electron chi connectivity index (χ0n) is 12.0. The number of primary amides is 1. The Labute approximate surface area is 124 Å². The summed E-state index contributed by atoms with van der Waals surface area (Å²) in [7, 11) is 0. The number of carbonyl (C=O) groups is 2. The number of nitrogens with zero attached hydrogens (tertiary/aromatic N) is 1. The highest BCUT2D eigenvalue weighted by Gasteiger charge is 2.16. The molecule has 0 unspecified atom stereocenters. The van der Waals surface area contributed by atoms with Crippen LogP contribution in [0.5, 0.6) is 5.75 Å². The van der Waals surface area contributed by atoms with E-state index in [2.05, 4.69) is 5.32 Å². The Morgan fingerprint density at radius 3 is 2.48 bits per heavy atom. The van der Waals surface area contributed by atoms with Gasteiger partial charge in [-0.3, -0.25) is 9.59 Å². The predicted octanol–water partition coefficient (Wildman–Crippen LogP) is 0.263. The van der Waals surface area contributed by atoms with E-state index in [1.54, 1.807) is 12.1 Å². The van der Waals surface area contributed by atoms with E-state index in [1.165, 1.54) is 0 Å². The molecular weight excluding hydrogens is 270 g/mol. The Bertz CT molecular complexity index is 481. The normalized spacial score (nSPS) is 14.2. The number of ether oxygens (including phenoxy) is 1. The van der Waals surface area contributed by atoms with E-state index < -0.39 is 5.91 Å². The van der Waals surface area contributed by atoms with Crippen LogP contribution in [0, 0.1) is 0 Å². The van der Waals surface area contributed by atoms with Crippen LogP contribution in [0.3, 0.4) is 0 Å². The van der Waals surface area contributed by atoms with Crippen molar-refractivity contribution in [1.82, 2.24) is 10.2 Å². The van der Waals surface area contributed by atoms with Gasteiger partial charge < -0.3 is 20.7 Å². The summed E-state index contributed by atoms with van der Waals surface area (Å²) in [5, 5.41) is 3.14. The lowest BCUT2D eigenvalue weighted by Gasteiger charge is -2.15. The van der Waals surface area contributed by atoms with Crippen LogP contribution in [0.4, 0.5) is 0 Å². The fraction of sp³-hybridized carbons (Fsp3) is 0.467. The number of benzene rings is 1. The van der Waals surface area contributed by atoms with E-state index in [9.17, 15) is 9.59 Å². The molecule has 0 aromatic heterocycles. The van der Waals surface area contributed by atoms with Crippen molar-refractivity contribution in [2.24, 2.45) is 5.73 Å². The summed E-state index contributed by atoms with van der Waals surface area (Å²) in [5.74, 6) is 0.265. The molecule has 1 aliphatic heterocycles. The van der Waals surface area contributed by atoms with Crippen LogP contribution in [0.25, 0.3) is 0 Å². The molecule has 21 heavy (non-hydrogen) atoms. The Balaban J connectivity index is 1.70. The molecule has 2 amide bonds. The van der Waals surface area contributed by atoms with Gasteiger partial charge in [-0.05, 0) is 30.5 Å². The molecule has 0 aliphatic carbocycles. The van der Waals surface area contributed by atoms with Gasteiger partial charge in [0.05, 0.1) is 6.54 Å². The summed E-state index contributed by atoms with van der Waals surface area (Å²) in [4.78, 5) is 24.3. The molecule has 2 rings (SSSR count). The molecule has 1 heterocycles. The Morgan fingerprint density at radius 1 is 1.19 bits per heavy atom. The lowest BCUT2D eigenvalue weighted by atomic mass is 10.2. The van der Waals surface area contributed by atoms with E-state index in [0.717, 1.165) is 31.5 Å². The number of likely N-dealkylation sites (tertiary alicyclic amines) is 1. The van der Waals surface area contributed by atoms with Gasteiger partial charge in [0.25, 0.3) is 5.91 Å². The highest BCUT2D eigenvalue weighted by atomic mass is 16.5. The minimum absolute atomic E-state index is 0.123. The number of hydrogen-bond donors (Lipinski definition) is 2. The van der Waals surface area contributed by atoms with Gasteiger partial charge in [-0.25, -0.2) is 0 Å². The van der Waals surface area contributed by atoms with Crippen LogP contribution >= 0.6 is 0 Å². The van der Waals surface area contributed by atoms with Gasteiger partial charge >= 0.3 is 0 Å². The average molecular weight is 291 g/mol. The molecule has 1 fully saturated rings. The zero-order valence-corrected chi connectivity index (χ0v) is 12.0. The topological polar surface area (TPSA) is 84.7 Å². The van der Waals surface area contributed by atoms with Crippen molar-refractivity contribution < 1.29 is 14.3 Å². The summed E-state index contributed by atoms with van der Waals surface area (Å²) >= 11 is 0. The second-order valence-electron chi connectivity index (χ2n) is 5.09. The third kappa shape index (κ3) is 5.07. The number of carbonyl (C=O) groups excluding carboxylic acids is 2. The number of nitrogens with one attached hydrogen (secondary N) is 1. The van der Waals surface area contributed by atoms with E-state index in [4.69, 9.17) is 10.5 Å². The van der Waals surface area contributed by atoms with Gasteiger partial charge in [0.2, 0.25) is 5.91 Å². The summed E-state index contributed by atoms with van der Waals surface area (Å²) in [5.41, 5.74) is 6.06. The molecule has 1 aromatic rings. The van der Waals surface area contributed by atoms with Crippen LogP contribution in [0.2, 0.25) is 0 Å². The fourth-order valence-electron chi connectivity index (χ4n) is 2.25. The molecule has 1 aromatic carbocycles. The molecule has 0 radical (unpaired) electrons. The van der Waals surface area contributed by atoms with Crippen LogP contribution in [0.1, 0.15) is 18.4 Å². The van der Waals surface area contributed by atoms with Crippen LogP contribution < -0.4 is 15.8 Å². The third-order valence-electron chi connectivity index (χ3n) is 3.37. The number of rotatable bonds is 7. The van der Waals surface area contributed by atoms with Crippen molar-refractivity contribution in [2.45, 2.75) is 19.4 Å². The molecule has 0 atom stereocenters. The first-order valence-electron chi connectivity index (χ1n) is 7.13. The second kappa shape index (κ2) is 7.64. The van der Waals surface area contributed by atoms with Crippen molar-refractivity contribution in [2.75, 3.05) is 26.2 Å². The highest BCUT2D eigenvalue weighted by Crippen LogP contribution is 2.12. The molecule has 0 spiro atoms. The van der Waals surface area contributed by atoms with E-state index >= 15 is 0 Å². The molecule has 0 saturated carbocycles. The first kappa shape index (κ1) is 15.3. The lowest BCUT2D eigenvalue weighted by molar-refractivity contribution is -0.129. The van der Waals surface area contributed by atoms with Crippen LogP contribution in [0.15, 0.2) is 24.3 Å². The molecule has 114 valence electrons. The Kier molecular flexibility index (Phi) is 5.57. The maximum atomic E-state index is 11.8. The van der Waals surface area contributed by atoms with Gasteiger partial charge in [-0.2, -0.15) is 0 Å². The zero-order chi connectivity index (χ0) is 15.1. The third-order valence-corrected chi connectivity index (χ3v) is 3.37. The minimum Gasteiger partial charge on any atom is -0.484 e.